The van der Waals surface area contributed by atoms with Crippen LogP contribution in [-0.2, 0) is 0 Å². The minimum absolute atomic E-state index is 0.0817. The topological polar surface area (TPSA) is 105 Å². The number of furan rings is 1. The molecule has 0 atom stereocenters. The number of rotatable bonds is 5. The second-order valence-electron chi connectivity index (χ2n) is 6.51. The predicted octanol–water partition coefficient (Wildman–Crippen LogP) is 5.58. The third-order valence-electron chi connectivity index (χ3n) is 4.30. The molecule has 0 spiro atoms. The zero-order valence-corrected chi connectivity index (χ0v) is 19.9. The molecule has 2 heterocycles. The molecule has 0 saturated heterocycles. The summed E-state index contributed by atoms with van der Waals surface area (Å²) in [6.07, 6.45) is 1.42. The van der Waals surface area contributed by atoms with Gasteiger partial charge in [0.05, 0.1) is 33.6 Å². The first-order chi connectivity index (χ1) is 15.8. The Bertz CT molecular complexity index is 1350. The Hall–Kier alpha value is -3.18. The highest BCUT2D eigenvalue weighted by Gasteiger charge is 2.15. The first-order valence-corrected chi connectivity index (χ1v) is 11.2. The smallest absolute Gasteiger partial charge is 0.293 e. The fourth-order valence-electron chi connectivity index (χ4n) is 2.85. The third kappa shape index (κ3) is 5.25. The molecule has 2 aromatic heterocycles. The highest BCUT2D eigenvalue weighted by molar-refractivity contribution is 7.80. The molecule has 0 aliphatic carbocycles. The van der Waals surface area contributed by atoms with Crippen LogP contribution in [0.3, 0.4) is 0 Å². The molecule has 4 rings (SSSR count). The summed E-state index contributed by atoms with van der Waals surface area (Å²) in [5, 5.41) is 9.14. The summed E-state index contributed by atoms with van der Waals surface area (Å²) in [6, 6.07) is 11.4. The number of carbonyl (C=O) groups is 2. The predicted molar refractivity (Wildman–Crippen MR) is 133 cm³/mol. The fourth-order valence-corrected chi connectivity index (χ4v) is 4.60. The van der Waals surface area contributed by atoms with Gasteiger partial charge in [0, 0.05) is 11.3 Å². The van der Waals surface area contributed by atoms with Crippen LogP contribution in [0.1, 0.15) is 20.9 Å². The number of hydrogen-bond donors (Lipinski definition) is 3. The van der Waals surface area contributed by atoms with Crippen LogP contribution in [0.4, 0.5) is 10.8 Å². The maximum Gasteiger partial charge on any atom is 0.293 e. The Kier molecular flexibility index (Phi) is 6.80. The fraction of sp³-hybridized carbons (Fsp3) is 0.0476. The van der Waals surface area contributed by atoms with Crippen LogP contribution in [0, 0.1) is 0 Å². The average Bonchev–Trinajstić information content (AvgIpc) is 3.42. The van der Waals surface area contributed by atoms with E-state index in [4.69, 9.17) is 44.6 Å². The number of methoxy groups -OCH3 is 1. The Balaban J connectivity index is 1.42. The highest BCUT2D eigenvalue weighted by atomic mass is 35.5. The Morgan fingerprint density at radius 2 is 1.85 bits per heavy atom. The molecule has 0 unspecified atom stereocenters. The minimum Gasteiger partial charge on any atom is -0.494 e. The largest absolute Gasteiger partial charge is 0.494 e. The van der Waals surface area contributed by atoms with Gasteiger partial charge in [0.15, 0.2) is 21.8 Å². The highest BCUT2D eigenvalue weighted by Crippen LogP contribution is 2.34. The van der Waals surface area contributed by atoms with Crippen LogP contribution in [0.2, 0.25) is 10.0 Å². The van der Waals surface area contributed by atoms with Crippen molar-refractivity contribution in [2.45, 2.75) is 0 Å². The number of carbonyl (C=O) groups excluding carboxylic acids is 2. The first-order valence-electron chi connectivity index (χ1n) is 9.25. The first kappa shape index (κ1) is 23.0. The zero-order valence-electron chi connectivity index (χ0n) is 16.8. The zero-order chi connectivity index (χ0) is 23.5. The molecule has 2 aromatic carbocycles. The number of anilines is 2. The quantitative estimate of drug-likeness (QED) is 0.294. The Morgan fingerprint density at radius 1 is 1.09 bits per heavy atom. The van der Waals surface area contributed by atoms with Gasteiger partial charge in [0.2, 0.25) is 0 Å². The Labute approximate surface area is 206 Å². The summed E-state index contributed by atoms with van der Waals surface area (Å²) < 4.78 is 11.0. The van der Waals surface area contributed by atoms with Crippen LogP contribution in [-0.4, -0.2) is 29.0 Å². The number of ether oxygens (including phenoxy) is 1. The van der Waals surface area contributed by atoms with Crippen LogP contribution >= 0.6 is 46.8 Å². The summed E-state index contributed by atoms with van der Waals surface area (Å²) in [5.41, 5.74) is 1.55. The number of nitrogens with zero attached hydrogens (tertiary/aromatic N) is 1. The van der Waals surface area contributed by atoms with Gasteiger partial charge < -0.3 is 14.5 Å². The standard InChI is InChI=1S/C21H14Cl2N4O4S2/c1-30-17-12(22)7-10(8-13(17)23)18(28)26-20(32)24-11-4-5-14-16(9-11)33-21(25-14)27-19(29)15-3-2-6-31-15/h2-9H,1H3,(H,25,27,29)(H2,24,26,28,32). The van der Waals surface area contributed by atoms with E-state index in [1.807, 2.05) is 0 Å². The molecule has 0 aliphatic rings. The molecule has 0 fully saturated rings. The van der Waals surface area contributed by atoms with Crippen molar-refractivity contribution in [2.75, 3.05) is 17.7 Å². The molecule has 8 nitrogen and oxygen atoms in total. The monoisotopic (exact) mass is 520 g/mol. The number of thiazole rings is 1. The van der Waals surface area contributed by atoms with E-state index >= 15 is 0 Å². The van der Waals surface area contributed by atoms with Crippen LogP contribution < -0.4 is 20.7 Å². The van der Waals surface area contributed by atoms with Crippen LogP contribution in [0.25, 0.3) is 10.2 Å². The maximum atomic E-state index is 12.5. The van der Waals surface area contributed by atoms with Gasteiger partial charge in [-0.25, -0.2) is 4.98 Å². The number of aromatic nitrogens is 1. The summed E-state index contributed by atoms with van der Waals surface area (Å²) in [5.74, 6) is -0.397. The van der Waals surface area contributed by atoms with Crippen molar-refractivity contribution in [3.63, 3.8) is 0 Å². The summed E-state index contributed by atoms with van der Waals surface area (Å²) in [7, 11) is 1.43. The molecule has 3 N–H and O–H groups in total. The van der Waals surface area contributed by atoms with Crippen molar-refractivity contribution in [3.8, 4) is 5.75 Å². The van der Waals surface area contributed by atoms with E-state index in [0.717, 1.165) is 4.70 Å². The van der Waals surface area contributed by atoms with Crippen molar-refractivity contribution >= 4 is 84.7 Å². The molecule has 0 saturated carbocycles. The molecule has 12 heteroatoms. The van der Waals surface area contributed by atoms with Gasteiger partial charge in [-0.1, -0.05) is 34.5 Å². The number of halogens is 2. The van der Waals surface area contributed by atoms with E-state index in [9.17, 15) is 9.59 Å². The molecule has 33 heavy (non-hydrogen) atoms. The molecule has 168 valence electrons. The number of nitrogens with one attached hydrogen (secondary N) is 3. The molecular weight excluding hydrogens is 507 g/mol. The lowest BCUT2D eigenvalue weighted by atomic mass is 10.2. The van der Waals surface area contributed by atoms with Gasteiger partial charge in [0.1, 0.15) is 0 Å². The average molecular weight is 521 g/mol. The van der Waals surface area contributed by atoms with Crippen LogP contribution in [0.15, 0.2) is 53.1 Å². The van der Waals surface area contributed by atoms with E-state index in [-0.39, 0.29) is 38.1 Å². The van der Waals surface area contributed by atoms with Gasteiger partial charge in [-0.3, -0.25) is 20.2 Å². The lowest BCUT2D eigenvalue weighted by Gasteiger charge is -2.11. The normalized spacial score (nSPS) is 10.6. The lowest BCUT2D eigenvalue weighted by Crippen LogP contribution is -2.34. The summed E-state index contributed by atoms with van der Waals surface area (Å²) >= 11 is 18.7. The molecule has 4 aromatic rings. The number of hydrogen-bond acceptors (Lipinski definition) is 7. The van der Waals surface area contributed by atoms with Crippen molar-refractivity contribution < 1.29 is 18.7 Å². The summed E-state index contributed by atoms with van der Waals surface area (Å²) in [6.45, 7) is 0. The van der Waals surface area contributed by atoms with E-state index in [1.54, 1.807) is 30.3 Å². The molecule has 0 bridgehead atoms. The van der Waals surface area contributed by atoms with Crippen molar-refractivity contribution in [2.24, 2.45) is 0 Å². The van der Waals surface area contributed by atoms with Crippen molar-refractivity contribution in [3.05, 3.63) is 70.1 Å². The molecule has 0 radical (unpaired) electrons. The van der Waals surface area contributed by atoms with E-state index in [1.165, 1.54) is 36.8 Å². The molecular formula is C21H14Cl2N4O4S2. The SMILES string of the molecule is COc1c(Cl)cc(C(=O)NC(=S)Nc2ccc3nc(NC(=O)c4ccco4)sc3c2)cc1Cl. The van der Waals surface area contributed by atoms with Gasteiger partial charge >= 0.3 is 0 Å². The van der Waals surface area contributed by atoms with Gasteiger partial charge in [-0.15, -0.1) is 0 Å². The van der Waals surface area contributed by atoms with Crippen molar-refractivity contribution in [1.82, 2.24) is 10.3 Å². The van der Waals surface area contributed by atoms with Gasteiger partial charge in [0.25, 0.3) is 11.8 Å². The maximum absolute atomic E-state index is 12.5. The van der Waals surface area contributed by atoms with Gasteiger partial charge in [-0.05, 0) is 54.7 Å². The van der Waals surface area contributed by atoms with E-state index in [2.05, 4.69) is 20.9 Å². The second-order valence-corrected chi connectivity index (χ2v) is 8.77. The van der Waals surface area contributed by atoms with Crippen LogP contribution in [0.5, 0.6) is 5.75 Å². The van der Waals surface area contributed by atoms with E-state index < -0.39 is 5.91 Å². The molecule has 2 amide bonds. The number of fused-ring (bicyclic) bond motifs is 1. The molecule has 0 aliphatic heterocycles. The number of amides is 2. The van der Waals surface area contributed by atoms with Gasteiger partial charge in [-0.2, -0.15) is 0 Å². The Morgan fingerprint density at radius 3 is 2.52 bits per heavy atom. The number of thiocarbonyl (C=S) groups is 1. The summed E-state index contributed by atoms with van der Waals surface area (Å²) in [4.78, 5) is 29.0. The minimum atomic E-state index is -0.485. The van der Waals surface area contributed by atoms with Crippen molar-refractivity contribution in [1.29, 1.82) is 0 Å². The second kappa shape index (κ2) is 9.75. The van der Waals surface area contributed by atoms with E-state index in [0.29, 0.717) is 16.3 Å². The third-order valence-corrected chi connectivity index (χ3v) is 6.00. The number of benzene rings is 2. The lowest BCUT2D eigenvalue weighted by molar-refractivity contribution is 0.0975.